The third kappa shape index (κ3) is 4.13. The largest absolute Gasteiger partial charge is 0.457 e. The van der Waals surface area contributed by atoms with Crippen molar-refractivity contribution in [2.24, 2.45) is 13.0 Å². The van der Waals surface area contributed by atoms with Crippen LogP contribution >= 0.6 is 0 Å². The summed E-state index contributed by atoms with van der Waals surface area (Å²) in [5.74, 6) is 2.06. The predicted octanol–water partition coefficient (Wildman–Crippen LogP) is 4.81. The topological polar surface area (TPSA) is 72.3 Å². The number of hydrogen-bond acceptors (Lipinski definition) is 5. The Morgan fingerprint density at radius 3 is 2.72 bits per heavy atom. The van der Waals surface area contributed by atoms with E-state index in [4.69, 9.17) is 4.74 Å². The van der Waals surface area contributed by atoms with Crippen LogP contribution in [0.15, 0.2) is 60.9 Å². The molecule has 7 nitrogen and oxygen atoms in total. The van der Waals surface area contributed by atoms with Gasteiger partial charge in [0.05, 0.1) is 17.4 Å². The van der Waals surface area contributed by atoms with Gasteiger partial charge in [0.1, 0.15) is 11.5 Å². The lowest BCUT2D eigenvalue weighted by molar-refractivity contribution is 0.0911. The number of ether oxygens (including phenoxy) is 1. The average molecular weight is 482 g/mol. The average Bonchev–Trinajstić information content (AvgIpc) is 3.57. The van der Waals surface area contributed by atoms with E-state index >= 15 is 0 Å². The number of hydrogen-bond donors (Lipinski definition) is 1. The summed E-state index contributed by atoms with van der Waals surface area (Å²) in [5, 5.41) is 8.69. The number of carbonyl (C=O) groups is 1. The number of pyridine rings is 1. The van der Waals surface area contributed by atoms with Crippen LogP contribution in [-0.2, 0) is 13.5 Å². The lowest BCUT2D eigenvalue weighted by atomic mass is 9.98. The lowest BCUT2D eigenvalue weighted by Crippen LogP contribution is -2.44. The molecule has 2 bridgehead atoms. The summed E-state index contributed by atoms with van der Waals surface area (Å²) in [7, 11) is 4.10. The number of amides is 1. The van der Waals surface area contributed by atoms with E-state index in [2.05, 4.69) is 40.3 Å². The van der Waals surface area contributed by atoms with Gasteiger partial charge in [-0.1, -0.05) is 13.0 Å². The Kier molecular flexibility index (Phi) is 5.72. The molecule has 7 heteroatoms. The second-order valence-corrected chi connectivity index (χ2v) is 10.1. The third-order valence-electron chi connectivity index (χ3n) is 7.85. The van der Waals surface area contributed by atoms with Gasteiger partial charge in [-0.25, -0.2) is 0 Å². The van der Waals surface area contributed by atoms with Crippen LogP contribution in [0.25, 0.3) is 22.2 Å². The smallest absolute Gasteiger partial charge is 0.251 e. The first kappa shape index (κ1) is 22.7. The normalized spacial score (nSPS) is 21.2. The highest BCUT2D eigenvalue weighted by atomic mass is 16.5. The van der Waals surface area contributed by atoms with Crippen LogP contribution < -0.4 is 10.1 Å². The molecule has 0 radical (unpaired) electrons. The van der Waals surface area contributed by atoms with E-state index in [0.29, 0.717) is 17.7 Å². The number of aromatic nitrogens is 3. The zero-order chi connectivity index (χ0) is 24.8. The summed E-state index contributed by atoms with van der Waals surface area (Å²) in [4.78, 5) is 20.2. The van der Waals surface area contributed by atoms with Gasteiger partial charge in [-0.05, 0) is 68.1 Å². The molecule has 2 aliphatic rings. The van der Waals surface area contributed by atoms with Crippen molar-refractivity contribution in [3.63, 3.8) is 0 Å². The number of nitrogens with zero attached hydrogens (tertiary/aromatic N) is 4. The second-order valence-electron chi connectivity index (χ2n) is 10.1. The Morgan fingerprint density at radius 1 is 1.08 bits per heavy atom. The zero-order valence-electron chi connectivity index (χ0n) is 20.9. The molecule has 1 saturated heterocycles. The van der Waals surface area contributed by atoms with Gasteiger partial charge in [0, 0.05) is 60.5 Å². The fourth-order valence-corrected chi connectivity index (χ4v) is 5.82. The monoisotopic (exact) mass is 481 g/mol. The molecule has 2 aromatic heterocycles. The van der Waals surface area contributed by atoms with Gasteiger partial charge < -0.3 is 15.0 Å². The molecular formula is C29H31N5O2. The quantitative estimate of drug-likeness (QED) is 0.428. The summed E-state index contributed by atoms with van der Waals surface area (Å²) in [6.07, 6.45) is 6.62. The Balaban J connectivity index is 1.20. The van der Waals surface area contributed by atoms with Gasteiger partial charge in [-0.2, -0.15) is 5.10 Å². The highest BCUT2D eigenvalue weighted by Gasteiger charge is 2.43. The van der Waals surface area contributed by atoms with E-state index in [1.54, 1.807) is 6.20 Å². The first-order chi connectivity index (χ1) is 17.5. The highest BCUT2D eigenvalue weighted by Crippen LogP contribution is 2.37. The van der Waals surface area contributed by atoms with Gasteiger partial charge in [-0.3, -0.25) is 14.5 Å². The van der Waals surface area contributed by atoms with Gasteiger partial charge in [-0.15, -0.1) is 0 Å². The minimum Gasteiger partial charge on any atom is -0.457 e. The number of rotatable bonds is 6. The standard InChI is InChI=1S/C29H31N5O2/c1-4-18-11-19(6-8-25(18)29(35)32-27-13-22-12-21(27)17-33(22)2)26-14-24(9-10-30-26)36-23-7-5-20-16-31-34(3)28(20)15-23/h5-11,14-16,21-22,27H,4,12-13,17H2,1-3H3,(H,32,35)/t21-,22-,27-/m0/s1. The Hall–Kier alpha value is -3.71. The van der Waals surface area contributed by atoms with Crippen molar-refractivity contribution in [3.05, 3.63) is 72.1 Å². The van der Waals surface area contributed by atoms with Crippen LogP contribution in [0.5, 0.6) is 11.5 Å². The van der Waals surface area contributed by atoms with Gasteiger partial charge in [0.2, 0.25) is 0 Å². The number of piperidine rings is 1. The number of carbonyl (C=O) groups excluding carboxylic acids is 1. The first-order valence-electron chi connectivity index (χ1n) is 12.7. The van der Waals surface area contributed by atoms with Crippen LogP contribution in [0.1, 0.15) is 35.7 Å². The van der Waals surface area contributed by atoms with Crippen molar-refractivity contribution in [1.82, 2.24) is 25.0 Å². The minimum absolute atomic E-state index is 0.0363. The molecule has 1 saturated carbocycles. The van der Waals surface area contributed by atoms with Crippen molar-refractivity contribution in [2.75, 3.05) is 13.6 Å². The number of likely N-dealkylation sites (tertiary alicyclic amines) is 1. The van der Waals surface area contributed by atoms with E-state index in [0.717, 1.165) is 58.4 Å². The maximum atomic E-state index is 13.2. The number of benzene rings is 2. The van der Waals surface area contributed by atoms with E-state index < -0.39 is 0 Å². The fraction of sp³-hybridized carbons (Fsp3) is 0.345. The SMILES string of the molecule is CCc1cc(-c2cc(Oc3ccc4cnn(C)c4c3)ccn2)ccc1C(=O)N[C@H]1C[C@@H]2C[C@H]1CN2C. The summed E-state index contributed by atoms with van der Waals surface area (Å²) in [6.45, 7) is 3.17. The van der Waals surface area contributed by atoms with E-state index in [-0.39, 0.29) is 11.9 Å². The van der Waals surface area contributed by atoms with Crippen LogP contribution in [0.4, 0.5) is 0 Å². The van der Waals surface area contributed by atoms with Crippen LogP contribution in [0.2, 0.25) is 0 Å². The Morgan fingerprint density at radius 2 is 1.94 bits per heavy atom. The molecule has 4 aromatic rings. The third-order valence-corrected chi connectivity index (χ3v) is 7.85. The molecular weight excluding hydrogens is 450 g/mol. The predicted molar refractivity (Wildman–Crippen MR) is 140 cm³/mol. The molecule has 1 aliphatic heterocycles. The molecule has 3 atom stereocenters. The fourth-order valence-electron chi connectivity index (χ4n) is 5.82. The molecule has 2 aromatic carbocycles. The van der Waals surface area contributed by atoms with E-state index in [9.17, 15) is 4.79 Å². The Bertz CT molecular complexity index is 1440. The number of nitrogens with one attached hydrogen (secondary N) is 1. The van der Waals surface area contributed by atoms with Gasteiger partial charge >= 0.3 is 0 Å². The van der Waals surface area contributed by atoms with Crippen LogP contribution in [0, 0.1) is 5.92 Å². The molecule has 1 amide bonds. The van der Waals surface area contributed by atoms with E-state index in [1.807, 2.05) is 60.4 Å². The van der Waals surface area contributed by atoms with Crippen molar-refractivity contribution in [3.8, 4) is 22.8 Å². The molecule has 0 unspecified atom stereocenters. The van der Waals surface area contributed by atoms with Gasteiger partial charge in [0.15, 0.2) is 0 Å². The molecule has 0 spiro atoms. The molecule has 3 heterocycles. The molecule has 6 rings (SSSR count). The maximum absolute atomic E-state index is 13.2. The van der Waals surface area contributed by atoms with Crippen molar-refractivity contribution >= 4 is 16.8 Å². The first-order valence-corrected chi connectivity index (χ1v) is 12.7. The highest BCUT2D eigenvalue weighted by molar-refractivity contribution is 5.96. The summed E-state index contributed by atoms with van der Waals surface area (Å²) in [5.41, 5.74) is 4.58. The summed E-state index contributed by atoms with van der Waals surface area (Å²) in [6, 6.07) is 16.6. The zero-order valence-corrected chi connectivity index (χ0v) is 20.9. The maximum Gasteiger partial charge on any atom is 0.251 e. The number of aryl methyl sites for hydroxylation is 2. The molecule has 36 heavy (non-hydrogen) atoms. The second kappa shape index (κ2) is 9.06. The molecule has 1 aliphatic carbocycles. The Labute approximate surface area is 211 Å². The molecule has 2 fully saturated rings. The van der Waals surface area contributed by atoms with Crippen molar-refractivity contribution in [2.45, 2.75) is 38.3 Å². The van der Waals surface area contributed by atoms with E-state index in [1.165, 1.54) is 6.42 Å². The van der Waals surface area contributed by atoms with Crippen LogP contribution in [-0.4, -0.2) is 51.2 Å². The lowest BCUT2D eigenvalue weighted by Gasteiger charge is -2.29. The van der Waals surface area contributed by atoms with Crippen LogP contribution in [0.3, 0.4) is 0 Å². The van der Waals surface area contributed by atoms with Gasteiger partial charge in [0.25, 0.3) is 5.91 Å². The molecule has 184 valence electrons. The summed E-state index contributed by atoms with van der Waals surface area (Å²) >= 11 is 0. The molecule has 1 N–H and O–H groups in total. The van der Waals surface area contributed by atoms with Crippen molar-refractivity contribution in [1.29, 1.82) is 0 Å². The minimum atomic E-state index is 0.0363. The summed E-state index contributed by atoms with van der Waals surface area (Å²) < 4.78 is 7.98. The number of fused-ring (bicyclic) bond motifs is 3. The van der Waals surface area contributed by atoms with Crippen molar-refractivity contribution < 1.29 is 9.53 Å².